The summed E-state index contributed by atoms with van der Waals surface area (Å²) in [4.78, 5) is 2.24. The predicted octanol–water partition coefficient (Wildman–Crippen LogP) is 1.76. The van der Waals surface area contributed by atoms with Crippen LogP contribution >= 0.6 is 0 Å². The SMILES string of the molecule is CC1CN(Cc2ccccc2F)CC(CCN)O1. The maximum absolute atomic E-state index is 13.6. The number of nitrogens with two attached hydrogens (primary N) is 1. The number of morpholine rings is 1. The second-order valence-electron chi connectivity index (χ2n) is 4.93. The Morgan fingerprint density at radius 1 is 1.39 bits per heavy atom. The van der Waals surface area contributed by atoms with Gasteiger partial charge in [0.1, 0.15) is 5.82 Å². The van der Waals surface area contributed by atoms with Crippen LogP contribution in [0.1, 0.15) is 18.9 Å². The first-order chi connectivity index (χ1) is 8.69. The molecule has 1 saturated heterocycles. The van der Waals surface area contributed by atoms with Gasteiger partial charge in [0.15, 0.2) is 0 Å². The van der Waals surface area contributed by atoms with E-state index in [1.807, 2.05) is 12.1 Å². The zero-order valence-electron chi connectivity index (χ0n) is 10.8. The van der Waals surface area contributed by atoms with Crippen LogP contribution in [0.4, 0.5) is 4.39 Å². The molecule has 0 bridgehead atoms. The zero-order chi connectivity index (χ0) is 13.0. The second kappa shape index (κ2) is 6.27. The normalized spacial score (nSPS) is 25.3. The lowest BCUT2D eigenvalue weighted by atomic mass is 10.1. The Labute approximate surface area is 108 Å². The lowest BCUT2D eigenvalue weighted by Crippen LogP contribution is -2.46. The summed E-state index contributed by atoms with van der Waals surface area (Å²) in [5, 5.41) is 0. The molecule has 1 aliphatic rings. The molecule has 1 aromatic rings. The molecule has 18 heavy (non-hydrogen) atoms. The summed E-state index contributed by atoms with van der Waals surface area (Å²) >= 11 is 0. The lowest BCUT2D eigenvalue weighted by Gasteiger charge is -2.36. The van der Waals surface area contributed by atoms with Crippen LogP contribution in [0.25, 0.3) is 0 Å². The molecule has 4 heteroatoms. The third-order valence-electron chi connectivity index (χ3n) is 3.24. The van der Waals surface area contributed by atoms with Gasteiger partial charge in [-0.3, -0.25) is 4.90 Å². The Kier molecular flexibility index (Phi) is 4.69. The van der Waals surface area contributed by atoms with Crippen molar-refractivity contribution in [3.8, 4) is 0 Å². The highest BCUT2D eigenvalue weighted by molar-refractivity contribution is 5.17. The third kappa shape index (κ3) is 3.51. The Morgan fingerprint density at radius 2 is 2.17 bits per heavy atom. The minimum absolute atomic E-state index is 0.132. The summed E-state index contributed by atoms with van der Waals surface area (Å²) in [7, 11) is 0. The molecule has 1 heterocycles. The van der Waals surface area contributed by atoms with E-state index in [0.717, 1.165) is 25.1 Å². The van der Waals surface area contributed by atoms with E-state index in [0.29, 0.717) is 13.1 Å². The fourth-order valence-corrected chi connectivity index (χ4v) is 2.48. The van der Waals surface area contributed by atoms with Gasteiger partial charge in [-0.05, 0) is 26.0 Å². The molecule has 3 nitrogen and oxygen atoms in total. The zero-order valence-corrected chi connectivity index (χ0v) is 10.8. The highest BCUT2D eigenvalue weighted by Gasteiger charge is 2.25. The highest BCUT2D eigenvalue weighted by atomic mass is 19.1. The van der Waals surface area contributed by atoms with Gasteiger partial charge in [-0.25, -0.2) is 4.39 Å². The van der Waals surface area contributed by atoms with Gasteiger partial charge >= 0.3 is 0 Å². The summed E-state index contributed by atoms with van der Waals surface area (Å²) in [6.07, 6.45) is 1.21. The van der Waals surface area contributed by atoms with Gasteiger partial charge in [-0.15, -0.1) is 0 Å². The molecule has 1 aliphatic heterocycles. The molecule has 100 valence electrons. The smallest absolute Gasteiger partial charge is 0.127 e. The van der Waals surface area contributed by atoms with Crippen LogP contribution in [0.15, 0.2) is 24.3 Å². The maximum Gasteiger partial charge on any atom is 0.127 e. The first-order valence-corrected chi connectivity index (χ1v) is 6.50. The molecule has 0 aromatic heterocycles. The number of ether oxygens (including phenoxy) is 1. The Bertz CT molecular complexity index is 386. The molecular formula is C14H21FN2O. The lowest BCUT2D eigenvalue weighted by molar-refractivity contribution is -0.0811. The largest absolute Gasteiger partial charge is 0.373 e. The van der Waals surface area contributed by atoms with Gasteiger partial charge in [0, 0.05) is 25.2 Å². The second-order valence-corrected chi connectivity index (χ2v) is 4.93. The minimum atomic E-state index is -0.132. The molecule has 2 N–H and O–H groups in total. The molecule has 0 aliphatic carbocycles. The average Bonchev–Trinajstić information content (AvgIpc) is 2.32. The monoisotopic (exact) mass is 252 g/mol. The average molecular weight is 252 g/mol. The summed E-state index contributed by atoms with van der Waals surface area (Å²) in [6, 6.07) is 6.95. The van der Waals surface area contributed by atoms with Crippen molar-refractivity contribution in [2.45, 2.75) is 32.1 Å². The first kappa shape index (κ1) is 13.5. The van der Waals surface area contributed by atoms with E-state index < -0.39 is 0 Å². The fourth-order valence-electron chi connectivity index (χ4n) is 2.48. The maximum atomic E-state index is 13.6. The van der Waals surface area contributed by atoms with Crippen LogP contribution in [0, 0.1) is 5.82 Å². The molecule has 2 rings (SSSR count). The molecule has 0 saturated carbocycles. The number of hydrogen-bond acceptors (Lipinski definition) is 3. The van der Waals surface area contributed by atoms with Gasteiger partial charge < -0.3 is 10.5 Å². The van der Waals surface area contributed by atoms with Gasteiger partial charge in [-0.1, -0.05) is 18.2 Å². The number of nitrogens with zero attached hydrogens (tertiary/aromatic N) is 1. The van der Waals surface area contributed by atoms with Crippen molar-refractivity contribution in [1.82, 2.24) is 4.90 Å². The molecule has 2 atom stereocenters. The van der Waals surface area contributed by atoms with E-state index in [1.54, 1.807) is 6.07 Å². The van der Waals surface area contributed by atoms with Gasteiger partial charge in [-0.2, -0.15) is 0 Å². The minimum Gasteiger partial charge on any atom is -0.373 e. The summed E-state index contributed by atoms with van der Waals surface area (Å²) in [6.45, 7) is 4.99. The van der Waals surface area contributed by atoms with Crippen molar-refractivity contribution in [1.29, 1.82) is 0 Å². The van der Waals surface area contributed by atoms with Crippen LogP contribution in [-0.2, 0) is 11.3 Å². The molecule has 0 spiro atoms. The first-order valence-electron chi connectivity index (χ1n) is 6.50. The van der Waals surface area contributed by atoms with Crippen molar-refractivity contribution in [2.24, 2.45) is 5.73 Å². The topological polar surface area (TPSA) is 38.5 Å². The Balaban J connectivity index is 1.98. The molecule has 1 fully saturated rings. The Hall–Kier alpha value is -0.970. The van der Waals surface area contributed by atoms with Gasteiger partial charge in [0.2, 0.25) is 0 Å². The Morgan fingerprint density at radius 3 is 2.89 bits per heavy atom. The molecule has 2 unspecified atom stereocenters. The molecule has 1 aromatic carbocycles. The number of rotatable bonds is 4. The van der Waals surface area contributed by atoms with Crippen molar-refractivity contribution >= 4 is 0 Å². The summed E-state index contributed by atoms with van der Waals surface area (Å²) in [5.74, 6) is -0.132. The number of hydrogen-bond donors (Lipinski definition) is 1. The van der Waals surface area contributed by atoms with Crippen molar-refractivity contribution < 1.29 is 9.13 Å². The molecular weight excluding hydrogens is 231 g/mol. The summed E-state index contributed by atoms with van der Waals surface area (Å²) in [5.41, 5.74) is 6.32. The van der Waals surface area contributed by atoms with E-state index in [1.165, 1.54) is 6.07 Å². The standard InChI is InChI=1S/C14H21FN2O/c1-11-8-17(10-13(18-11)6-7-16)9-12-4-2-3-5-14(12)15/h2-5,11,13H,6-10,16H2,1H3. The molecule has 0 amide bonds. The van der Waals surface area contributed by atoms with Gasteiger partial charge in [0.05, 0.1) is 12.2 Å². The number of halogens is 1. The van der Waals surface area contributed by atoms with E-state index in [4.69, 9.17) is 10.5 Å². The van der Waals surface area contributed by atoms with Crippen LogP contribution < -0.4 is 5.73 Å². The fraction of sp³-hybridized carbons (Fsp3) is 0.571. The van der Waals surface area contributed by atoms with E-state index in [9.17, 15) is 4.39 Å². The van der Waals surface area contributed by atoms with Crippen LogP contribution in [0.2, 0.25) is 0 Å². The van der Waals surface area contributed by atoms with E-state index >= 15 is 0 Å². The number of benzene rings is 1. The highest BCUT2D eigenvalue weighted by Crippen LogP contribution is 2.17. The van der Waals surface area contributed by atoms with Crippen molar-refractivity contribution in [3.63, 3.8) is 0 Å². The van der Waals surface area contributed by atoms with Crippen LogP contribution in [0.5, 0.6) is 0 Å². The summed E-state index contributed by atoms with van der Waals surface area (Å²) < 4.78 is 19.4. The predicted molar refractivity (Wildman–Crippen MR) is 69.7 cm³/mol. The molecule has 0 radical (unpaired) electrons. The van der Waals surface area contributed by atoms with Crippen molar-refractivity contribution in [2.75, 3.05) is 19.6 Å². The van der Waals surface area contributed by atoms with Crippen molar-refractivity contribution in [3.05, 3.63) is 35.6 Å². The van der Waals surface area contributed by atoms with Crippen LogP contribution in [0.3, 0.4) is 0 Å². The quantitative estimate of drug-likeness (QED) is 0.887. The van der Waals surface area contributed by atoms with E-state index in [-0.39, 0.29) is 18.0 Å². The third-order valence-corrected chi connectivity index (χ3v) is 3.24. The van der Waals surface area contributed by atoms with Gasteiger partial charge in [0.25, 0.3) is 0 Å². The van der Waals surface area contributed by atoms with Crippen LogP contribution in [-0.4, -0.2) is 36.7 Å². The van der Waals surface area contributed by atoms with E-state index in [2.05, 4.69) is 11.8 Å².